The highest BCUT2D eigenvalue weighted by Gasteiger charge is 2.38. The predicted octanol–water partition coefficient (Wildman–Crippen LogP) is 1.72. The smallest absolute Gasteiger partial charge is 0.416 e. The van der Waals surface area contributed by atoms with Crippen molar-refractivity contribution in [3.8, 4) is 11.8 Å². The molecule has 2 aliphatic rings. The van der Waals surface area contributed by atoms with Crippen LogP contribution in [0.15, 0.2) is 23.4 Å². The number of cyclic esters (lactones) is 1. The van der Waals surface area contributed by atoms with Crippen molar-refractivity contribution in [3.05, 3.63) is 23.9 Å². The summed E-state index contributed by atoms with van der Waals surface area (Å²) in [6, 6.07) is 3.66. The minimum absolute atomic E-state index is 0.152. The van der Waals surface area contributed by atoms with Gasteiger partial charge in [-0.15, -0.1) is 0 Å². The molecule has 0 N–H and O–H groups in total. The number of ether oxygens (including phenoxy) is 1. The number of hydrogen-bond acceptors (Lipinski definition) is 5. The summed E-state index contributed by atoms with van der Waals surface area (Å²) in [7, 11) is 1.92. The van der Waals surface area contributed by atoms with Crippen molar-refractivity contribution in [2.75, 3.05) is 25.0 Å². The van der Waals surface area contributed by atoms with E-state index in [2.05, 4.69) is 21.9 Å². The quantitative estimate of drug-likeness (QED) is 0.741. The summed E-state index contributed by atoms with van der Waals surface area (Å²) < 4.78 is 5.27. The van der Waals surface area contributed by atoms with Crippen LogP contribution >= 0.6 is 0 Å². The Morgan fingerprint density at radius 3 is 2.77 bits per heavy atom. The number of nitrogens with zero attached hydrogens (tertiary/aromatic N) is 4. The van der Waals surface area contributed by atoms with Crippen molar-refractivity contribution in [1.29, 1.82) is 0 Å². The molecule has 0 spiro atoms. The zero-order valence-electron chi connectivity index (χ0n) is 12.9. The van der Waals surface area contributed by atoms with Crippen LogP contribution in [0.1, 0.15) is 19.4 Å². The number of carbonyl (C=O) groups excluding carboxylic acids is 1. The van der Waals surface area contributed by atoms with Crippen LogP contribution in [0.3, 0.4) is 0 Å². The number of carbonyl (C=O) groups is 1. The largest absolute Gasteiger partial charge is 0.441 e. The van der Waals surface area contributed by atoms with Crippen LogP contribution in [0.2, 0.25) is 0 Å². The van der Waals surface area contributed by atoms with E-state index in [1.54, 1.807) is 12.3 Å². The van der Waals surface area contributed by atoms with E-state index in [0.717, 1.165) is 12.1 Å². The number of pyridine rings is 1. The van der Waals surface area contributed by atoms with Gasteiger partial charge in [0.15, 0.2) is 0 Å². The Hall–Kier alpha value is -2.55. The van der Waals surface area contributed by atoms with Gasteiger partial charge >= 0.3 is 6.09 Å². The Bertz CT molecular complexity index is 670. The lowest BCUT2D eigenvalue weighted by Gasteiger charge is -2.14. The zero-order valence-corrected chi connectivity index (χ0v) is 12.9. The van der Waals surface area contributed by atoms with E-state index >= 15 is 0 Å². The first-order valence-electron chi connectivity index (χ1n) is 7.16. The Balaban J connectivity index is 1.70. The van der Waals surface area contributed by atoms with Crippen LogP contribution in [0.25, 0.3) is 0 Å². The van der Waals surface area contributed by atoms with Crippen molar-refractivity contribution < 1.29 is 9.53 Å². The van der Waals surface area contributed by atoms with Gasteiger partial charge in [0.1, 0.15) is 11.4 Å². The van der Waals surface area contributed by atoms with E-state index in [4.69, 9.17) is 4.74 Å². The Morgan fingerprint density at radius 1 is 1.41 bits per heavy atom. The van der Waals surface area contributed by atoms with Gasteiger partial charge < -0.3 is 4.74 Å². The van der Waals surface area contributed by atoms with Gasteiger partial charge in [0.2, 0.25) is 0 Å². The van der Waals surface area contributed by atoms with E-state index in [1.165, 1.54) is 4.90 Å². The fraction of sp³-hybridized carbons (Fsp3) is 0.438. The summed E-state index contributed by atoms with van der Waals surface area (Å²) in [5, 5.41) is 6.01. The highest BCUT2D eigenvalue weighted by atomic mass is 16.6. The van der Waals surface area contributed by atoms with Crippen molar-refractivity contribution in [3.63, 3.8) is 0 Å². The number of hydrazone groups is 1. The second-order valence-electron chi connectivity index (χ2n) is 6.10. The van der Waals surface area contributed by atoms with Gasteiger partial charge in [-0.25, -0.2) is 9.78 Å². The molecular weight excluding hydrogens is 280 g/mol. The maximum atomic E-state index is 11.8. The van der Waals surface area contributed by atoms with Crippen LogP contribution in [0.5, 0.6) is 0 Å². The van der Waals surface area contributed by atoms with Gasteiger partial charge in [0.25, 0.3) is 0 Å². The second-order valence-corrected chi connectivity index (χ2v) is 6.10. The molecule has 6 heteroatoms. The number of amides is 1. The fourth-order valence-corrected chi connectivity index (χ4v) is 2.40. The average Bonchev–Trinajstić information content (AvgIpc) is 3.00. The topological polar surface area (TPSA) is 58.0 Å². The van der Waals surface area contributed by atoms with E-state index in [1.807, 2.05) is 38.2 Å². The minimum atomic E-state index is -0.481. The summed E-state index contributed by atoms with van der Waals surface area (Å²) in [6.45, 7) is 5.07. The molecule has 3 heterocycles. The van der Waals surface area contributed by atoms with Crippen LogP contribution in [0.4, 0.5) is 10.6 Å². The van der Waals surface area contributed by atoms with Gasteiger partial charge in [-0.1, -0.05) is 11.8 Å². The van der Waals surface area contributed by atoms with Gasteiger partial charge in [-0.3, -0.25) is 9.91 Å². The summed E-state index contributed by atoms with van der Waals surface area (Å²) in [6.07, 6.45) is 3.16. The van der Waals surface area contributed by atoms with E-state index in [0.29, 0.717) is 12.4 Å². The minimum Gasteiger partial charge on any atom is -0.441 e. The third-order valence-electron chi connectivity index (χ3n) is 3.45. The first-order valence-corrected chi connectivity index (χ1v) is 7.16. The highest BCUT2D eigenvalue weighted by molar-refractivity contribution is 5.89. The Labute approximate surface area is 129 Å². The van der Waals surface area contributed by atoms with Gasteiger partial charge in [0.05, 0.1) is 19.0 Å². The van der Waals surface area contributed by atoms with Crippen LogP contribution in [-0.4, -0.2) is 48.0 Å². The lowest BCUT2D eigenvalue weighted by Crippen LogP contribution is -2.28. The maximum absolute atomic E-state index is 11.8. The standard InChI is InChI=1S/C16H18N4O2/c1-16(2)11-20(15(21)22-16)14-7-6-12(8-17-14)4-5-13-9-18-19(3)10-13/h6-9,13H,10-11H2,1-3H3. The van der Waals surface area contributed by atoms with E-state index < -0.39 is 5.60 Å². The Kier molecular flexibility index (Phi) is 3.49. The molecule has 1 amide bonds. The molecule has 0 saturated carbocycles. The molecule has 2 aliphatic heterocycles. The SMILES string of the molecule is CN1CC(C#Cc2ccc(N3CC(C)(C)OC3=O)nc2)C=N1. The first-order chi connectivity index (χ1) is 10.4. The van der Waals surface area contributed by atoms with Crippen LogP contribution in [-0.2, 0) is 4.74 Å². The lowest BCUT2D eigenvalue weighted by atomic mass is 10.1. The molecular formula is C16H18N4O2. The van der Waals surface area contributed by atoms with Crippen molar-refractivity contribution in [1.82, 2.24) is 9.99 Å². The molecule has 1 fully saturated rings. The number of anilines is 1. The maximum Gasteiger partial charge on any atom is 0.416 e. The monoisotopic (exact) mass is 298 g/mol. The zero-order chi connectivity index (χ0) is 15.7. The average molecular weight is 298 g/mol. The summed E-state index contributed by atoms with van der Waals surface area (Å²) in [5.41, 5.74) is 0.337. The summed E-state index contributed by atoms with van der Waals surface area (Å²) >= 11 is 0. The molecule has 1 saturated heterocycles. The summed E-state index contributed by atoms with van der Waals surface area (Å²) in [5.74, 6) is 6.98. The molecule has 22 heavy (non-hydrogen) atoms. The summed E-state index contributed by atoms with van der Waals surface area (Å²) in [4.78, 5) is 17.7. The van der Waals surface area contributed by atoms with Crippen LogP contribution < -0.4 is 4.90 Å². The van der Waals surface area contributed by atoms with Crippen molar-refractivity contribution in [2.24, 2.45) is 11.0 Å². The molecule has 0 aromatic carbocycles. The third-order valence-corrected chi connectivity index (χ3v) is 3.45. The molecule has 1 atom stereocenters. The third kappa shape index (κ3) is 3.03. The van der Waals surface area contributed by atoms with Crippen molar-refractivity contribution >= 4 is 18.1 Å². The number of aromatic nitrogens is 1. The van der Waals surface area contributed by atoms with E-state index in [-0.39, 0.29) is 12.0 Å². The molecule has 114 valence electrons. The van der Waals surface area contributed by atoms with Crippen LogP contribution in [0, 0.1) is 17.8 Å². The molecule has 1 aromatic rings. The molecule has 0 aliphatic carbocycles. The predicted molar refractivity (Wildman–Crippen MR) is 83.6 cm³/mol. The van der Waals surface area contributed by atoms with Crippen molar-refractivity contribution in [2.45, 2.75) is 19.4 Å². The van der Waals surface area contributed by atoms with Gasteiger partial charge in [0, 0.05) is 25.0 Å². The van der Waals surface area contributed by atoms with E-state index in [9.17, 15) is 4.79 Å². The second kappa shape index (κ2) is 5.34. The molecule has 0 radical (unpaired) electrons. The van der Waals surface area contributed by atoms with Gasteiger partial charge in [-0.2, -0.15) is 5.10 Å². The van der Waals surface area contributed by atoms with Gasteiger partial charge in [-0.05, 0) is 26.0 Å². The fourth-order valence-electron chi connectivity index (χ4n) is 2.40. The number of hydrogen-bond donors (Lipinski definition) is 0. The highest BCUT2D eigenvalue weighted by Crippen LogP contribution is 2.25. The molecule has 1 unspecified atom stereocenters. The Morgan fingerprint density at radius 2 is 2.23 bits per heavy atom. The normalized spacial score (nSPS) is 22.5. The molecule has 0 bridgehead atoms. The molecule has 6 nitrogen and oxygen atoms in total. The number of rotatable bonds is 1. The lowest BCUT2D eigenvalue weighted by molar-refractivity contribution is 0.0871. The molecule has 3 rings (SSSR count). The first kappa shape index (κ1) is 14.4. The molecule has 1 aromatic heterocycles.